The maximum Gasteiger partial charge on any atom is 0.290 e. The molecule has 1 aromatic carbocycles. The van der Waals surface area contributed by atoms with E-state index in [4.69, 9.17) is 21.5 Å². The molecule has 0 heterocycles. The molecule has 0 aliphatic heterocycles. The first-order chi connectivity index (χ1) is 6.04. The monoisotopic (exact) mass is 212 g/mol. The summed E-state index contributed by atoms with van der Waals surface area (Å²) in [4.78, 5) is 8.36. The molecular formula is C7H4ClF3O2. The van der Waals surface area contributed by atoms with Crippen molar-refractivity contribution in [1.82, 2.24) is 0 Å². The Morgan fingerprint density at radius 1 is 1.23 bits per heavy atom. The SMILES string of the molecule is Fc1ccc(Cl)c(F)c1F.O=CO. The number of rotatable bonds is 0. The topological polar surface area (TPSA) is 37.3 Å². The summed E-state index contributed by atoms with van der Waals surface area (Å²) in [5, 5.41) is 6.47. The van der Waals surface area contributed by atoms with Gasteiger partial charge in [0.2, 0.25) is 0 Å². The molecule has 6 heteroatoms. The molecule has 1 aromatic rings. The van der Waals surface area contributed by atoms with Gasteiger partial charge in [-0.25, -0.2) is 13.2 Å². The molecule has 1 N–H and O–H groups in total. The Morgan fingerprint density at radius 3 is 2.08 bits per heavy atom. The van der Waals surface area contributed by atoms with Gasteiger partial charge in [-0.3, -0.25) is 4.79 Å². The number of halogens is 4. The fourth-order valence-corrected chi connectivity index (χ4v) is 0.648. The highest BCUT2D eigenvalue weighted by atomic mass is 35.5. The van der Waals surface area contributed by atoms with Crippen LogP contribution in [0.5, 0.6) is 0 Å². The predicted molar refractivity (Wildman–Crippen MR) is 40.0 cm³/mol. The first-order valence-corrected chi connectivity index (χ1v) is 3.29. The zero-order valence-corrected chi connectivity index (χ0v) is 6.86. The van der Waals surface area contributed by atoms with Gasteiger partial charge in [-0.15, -0.1) is 0 Å². The molecular weight excluding hydrogens is 209 g/mol. The third-order valence-corrected chi connectivity index (χ3v) is 1.28. The van der Waals surface area contributed by atoms with Crippen LogP contribution in [0.25, 0.3) is 0 Å². The van der Waals surface area contributed by atoms with Gasteiger partial charge in [0, 0.05) is 0 Å². The van der Waals surface area contributed by atoms with Crippen molar-refractivity contribution in [2.75, 3.05) is 0 Å². The van der Waals surface area contributed by atoms with Gasteiger partial charge in [0.15, 0.2) is 17.5 Å². The summed E-state index contributed by atoms with van der Waals surface area (Å²) in [5.74, 6) is -4.11. The van der Waals surface area contributed by atoms with Gasteiger partial charge in [-0.1, -0.05) is 11.6 Å². The van der Waals surface area contributed by atoms with E-state index in [2.05, 4.69) is 0 Å². The molecule has 0 saturated carbocycles. The van der Waals surface area contributed by atoms with E-state index in [1.165, 1.54) is 0 Å². The molecule has 13 heavy (non-hydrogen) atoms. The number of carboxylic acid groups (broad SMARTS) is 1. The highest BCUT2D eigenvalue weighted by Gasteiger charge is 2.10. The molecule has 0 fully saturated rings. The number of benzene rings is 1. The van der Waals surface area contributed by atoms with Crippen molar-refractivity contribution in [2.24, 2.45) is 0 Å². The molecule has 0 aliphatic carbocycles. The number of hydrogen-bond acceptors (Lipinski definition) is 1. The Hall–Kier alpha value is -1.23. The lowest BCUT2D eigenvalue weighted by molar-refractivity contribution is -0.122. The van der Waals surface area contributed by atoms with Gasteiger partial charge in [0.1, 0.15) is 0 Å². The van der Waals surface area contributed by atoms with E-state index in [1.807, 2.05) is 0 Å². The van der Waals surface area contributed by atoms with Crippen molar-refractivity contribution in [3.05, 3.63) is 34.6 Å². The largest absolute Gasteiger partial charge is 0.483 e. The molecule has 0 unspecified atom stereocenters. The highest BCUT2D eigenvalue weighted by molar-refractivity contribution is 6.30. The average Bonchev–Trinajstić information content (AvgIpc) is 2.10. The van der Waals surface area contributed by atoms with Crippen LogP contribution in [0.3, 0.4) is 0 Å². The molecule has 1 rings (SSSR count). The zero-order valence-electron chi connectivity index (χ0n) is 6.10. The fraction of sp³-hybridized carbons (Fsp3) is 0. The van der Waals surface area contributed by atoms with Crippen molar-refractivity contribution in [3.63, 3.8) is 0 Å². The third-order valence-electron chi connectivity index (χ3n) is 0.988. The Kier molecular flexibility index (Phi) is 4.91. The quantitative estimate of drug-likeness (QED) is 0.408. The highest BCUT2D eigenvalue weighted by Crippen LogP contribution is 2.18. The molecule has 72 valence electrons. The minimum atomic E-state index is -1.53. The van der Waals surface area contributed by atoms with Crippen LogP contribution in [0.2, 0.25) is 5.02 Å². The maximum atomic E-state index is 12.2. The standard InChI is InChI=1S/C6H2ClF3.CH2O2/c7-3-1-2-4(8)6(10)5(3)9;2-1-3/h1-2H;1H,(H,2,3). The minimum absolute atomic E-state index is 0.250. The fourth-order valence-electron chi connectivity index (χ4n) is 0.502. The second-order valence-corrected chi connectivity index (χ2v) is 2.17. The Morgan fingerprint density at radius 2 is 1.69 bits per heavy atom. The average molecular weight is 213 g/mol. The van der Waals surface area contributed by atoms with Crippen molar-refractivity contribution in [1.29, 1.82) is 0 Å². The second kappa shape index (κ2) is 5.42. The van der Waals surface area contributed by atoms with Crippen LogP contribution in [0.4, 0.5) is 13.2 Å². The molecule has 2 nitrogen and oxygen atoms in total. The Labute approximate surface area is 76.6 Å². The van der Waals surface area contributed by atoms with Crippen molar-refractivity contribution in [2.45, 2.75) is 0 Å². The van der Waals surface area contributed by atoms with Crippen LogP contribution in [-0.4, -0.2) is 11.6 Å². The second-order valence-electron chi connectivity index (χ2n) is 1.76. The van der Waals surface area contributed by atoms with Crippen LogP contribution in [0.1, 0.15) is 0 Å². The normalized spacial score (nSPS) is 8.62. The van der Waals surface area contributed by atoms with Gasteiger partial charge in [0.05, 0.1) is 5.02 Å². The smallest absolute Gasteiger partial charge is 0.290 e. The van der Waals surface area contributed by atoms with E-state index in [0.717, 1.165) is 12.1 Å². The lowest BCUT2D eigenvalue weighted by Gasteiger charge is -1.94. The van der Waals surface area contributed by atoms with Crippen LogP contribution < -0.4 is 0 Å². The lowest BCUT2D eigenvalue weighted by Crippen LogP contribution is -1.89. The summed E-state index contributed by atoms with van der Waals surface area (Å²) in [6, 6.07) is 1.72. The van der Waals surface area contributed by atoms with E-state index < -0.39 is 22.5 Å². The number of carbonyl (C=O) groups is 1. The van der Waals surface area contributed by atoms with Crippen LogP contribution in [-0.2, 0) is 4.79 Å². The maximum absolute atomic E-state index is 12.2. The summed E-state index contributed by atoms with van der Waals surface area (Å²) in [6.45, 7) is -0.250. The van der Waals surface area contributed by atoms with Crippen LogP contribution in [0.15, 0.2) is 12.1 Å². The molecule has 0 amide bonds. The molecule has 0 radical (unpaired) electrons. The third kappa shape index (κ3) is 3.33. The molecule has 0 saturated heterocycles. The summed E-state index contributed by atoms with van der Waals surface area (Å²) < 4.78 is 36.5. The summed E-state index contributed by atoms with van der Waals surface area (Å²) in [5.41, 5.74) is 0. The van der Waals surface area contributed by atoms with E-state index in [0.29, 0.717) is 0 Å². The Bertz CT molecular complexity index is 277. The molecule has 0 bridgehead atoms. The zero-order chi connectivity index (χ0) is 10.4. The van der Waals surface area contributed by atoms with E-state index in [9.17, 15) is 13.2 Å². The molecule has 0 aromatic heterocycles. The van der Waals surface area contributed by atoms with Gasteiger partial charge < -0.3 is 5.11 Å². The number of hydrogen-bond donors (Lipinski definition) is 1. The molecule has 0 aliphatic rings. The summed E-state index contributed by atoms with van der Waals surface area (Å²) >= 11 is 5.10. The van der Waals surface area contributed by atoms with Gasteiger partial charge in [-0.05, 0) is 12.1 Å². The van der Waals surface area contributed by atoms with E-state index in [-0.39, 0.29) is 6.47 Å². The first-order valence-electron chi connectivity index (χ1n) is 2.91. The van der Waals surface area contributed by atoms with E-state index >= 15 is 0 Å². The van der Waals surface area contributed by atoms with Gasteiger partial charge in [0.25, 0.3) is 6.47 Å². The van der Waals surface area contributed by atoms with Crippen LogP contribution in [0, 0.1) is 17.5 Å². The van der Waals surface area contributed by atoms with Gasteiger partial charge >= 0.3 is 0 Å². The molecule has 0 spiro atoms. The lowest BCUT2D eigenvalue weighted by atomic mass is 10.3. The van der Waals surface area contributed by atoms with Crippen LogP contribution >= 0.6 is 11.6 Å². The van der Waals surface area contributed by atoms with Crippen molar-refractivity contribution >= 4 is 18.1 Å². The Balaban J connectivity index is 0.000000424. The van der Waals surface area contributed by atoms with Gasteiger partial charge in [-0.2, -0.15) is 0 Å². The first kappa shape index (κ1) is 11.8. The van der Waals surface area contributed by atoms with Crippen molar-refractivity contribution < 1.29 is 23.1 Å². The molecule has 0 atom stereocenters. The summed E-state index contributed by atoms with van der Waals surface area (Å²) in [6.07, 6.45) is 0. The predicted octanol–water partition coefficient (Wildman–Crippen LogP) is 2.46. The van der Waals surface area contributed by atoms with Crippen molar-refractivity contribution in [3.8, 4) is 0 Å². The summed E-state index contributed by atoms with van der Waals surface area (Å²) in [7, 11) is 0. The van der Waals surface area contributed by atoms with E-state index in [1.54, 1.807) is 0 Å². The minimum Gasteiger partial charge on any atom is -0.483 e.